The number of halogens is 1. The number of rotatable bonds is 4. The lowest BCUT2D eigenvalue weighted by Gasteiger charge is -2.10. The Bertz CT molecular complexity index is 1080. The molecular weight excluding hydrogens is 348 g/mol. The van der Waals surface area contributed by atoms with E-state index in [4.69, 9.17) is 11.6 Å². The highest BCUT2D eigenvalue weighted by molar-refractivity contribution is 6.30. The zero-order chi connectivity index (χ0) is 17.9. The molecule has 0 saturated heterocycles. The maximum Gasteiger partial charge on any atom is 0.249 e. The van der Waals surface area contributed by atoms with Crippen molar-refractivity contribution < 1.29 is 0 Å². The molecule has 0 radical (unpaired) electrons. The summed E-state index contributed by atoms with van der Waals surface area (Å²) < 4.78 is 0. The Morgan fingerprint density at radius 1 is 0.962 bits per heavy atom. The Hall–Kier alpha value is -3.25. The predicted molar refractivity (Wildman–Crippen MR) is 104 cm³/mol. The average Bonchev–Trinajstić information content (AvgIpc) is 2.65. The van der Waals surface area contributed by atoms with Crippen LogP contribution in [-0.4, -0.2) is 20.2 Å². The number of aromatic nitrogens is 4. The second-order valence-corrected chi connectivity index (χ2v) is 6.19. The second-order valence-electron chi connectivity index (χ2n) is 5.76. The molecule has 6 nitrogen and oxygen atoms in total. The number of pyridine rings is 1. The molecule has 2 aromatic carbocycles. The van der Waals surface area contributed by atoms with E-state index in [9.17, 15) is 0 Å². The van der Waals surface area contributed by atoms with Gasteiger partial charge in [-0.1, -0.05) is 29.8 Å². The van der Waals surface area contributed by atoms with E-state index >= 15 is 0 Å². The highest BCUT2D eigenvalue weighted by Gasteiger charge is 2.07. The molecule has 0 aliphatic heterocycles. The van der Waals surface area contributed by atoms with E-state index in [-0.39, 0.29) is 0 Å². The van der Waals surface area contributed by atoms with E-state index < -0.39 is 0 Å². The molecule has 4 rings (SSSR count). The quantitative estimate of drug-likeness (QED) is 0.539. The summed E-state index contributed by atoms with van der Waals surface area (Å²) in [6.45, 7) is 1.96. The summed E-state index contributed by atoms with van der Waals surface area (Å²) in [5.74, 6) is 0.973. The van der Waals surface area contributed by atoms with E-state index in [1.165, 1.54) is 0 Å². The first kappa shape index (κ1) is 16.2. The van der Waals surface area contributed by atoms with Gasteiger partial charge in [-0.2, -0.15) is 10.1 Å². The van der Waals surface area contributed by atoms with Gasteiger partial charge in [-0.25, -0.2) is 0 Å². The lowest BCUT2D eigenvalue weighted by atomic mass is 10.2. The molecule has 2 N–H and O–H groups in total. The van der Waals surface area contributed by atoms with E-state index in [1.807, 2.05) is 55.5 Å². The summed E-state index contributed by atoms with van der Waals surface area (Å²) in [6.07, 6.45) is 3.34. The van der Waals surface area contributed by atoms with Crippen molar-refractivity contribution in [1.82, 2.24) is 20.2 Å². The molecule has 0 amide bonds. The monoisotopic (exact) mass is 362 g/mol. The van der Waals surface area contributed by atoms with Crippen molar-refractivity contribution >= 4 is 45.6 Å². The molecule has 0 saturated carbocycles. The molecule has 0 fully saturated rings. The zero-order valence-electron chi connectivity index (χ0n) is 13.9. The molecule has 0 spiro atoms. The Labute approximate surface area is 155 Å². The van der Waals surface area contributed by atoms with Crippen LogP contribution in [0.3, 0.4) is 0 Å². The molecule has 128 valence electrons. The Morgan fingerprint density at radius 2 is 1.85 bits per heavy atom. The van der Waals surface area contributed by atoms with Crippen LogP contribution in [0.25, 0.3) is 10.9 Å². The standard InChI is InChI=1S/C19H15ClN6/c1-12-10-14(20)7-8-15(12)24-19-25-17(11-22-26-19)23-16-6-2-4-13-5-3-9-21-18(13)16/h2-11H,1H3,(H2,23,24,25,26). The molecule has 2 aromatic heterocycles. The van der Waals surface area contributed by atoms with Gasteiger partial charge in [0.1, 0.15) is 0 Å². The van der Waals surface area contributed by atoms with Crippen molar-refractivity contribution in [3.63, 3.8) is 0 Å². The van der Waals surface area contributed by atoms with Gasteiger partial charge >= 0.3 is 0 Å². The maximum absolute atomic E-state index is 6.00. The minimum atomic E-state index is 0.397. The van der Waals surface area contributed by atoms with Gasteiger partial charge in [-0.15, -0.1) is 5.10 Å². The summed E-state index contributed by atoms with van der Waals surface area (Å²) in [4.78, 5) is 8.91. The van der Waals surface area contributed by atoms with Gasteiger partial charge in [0.05, 0.1) is 17.4 Å². The van der Waals surface area contributed by atoms with E-state index in [2.05, 4.69) is 30.8 Å². The van der Waals surface area contributed by atoms with Crippen LogP contribution in [0, 0.1) is 6.92 Å². The van der Waals surface area contributed by atoms with Crippen molar-refractivity contribution in [1.29, 1.82) is 0 Å². The fourth-order valence-corrected chi connectivity index (χ4v) is 2.87. The summed E-state index contributed by atoms with van der Waals surface area (Å²) >= 11 is 6.00. The summed E-state index contributed by atoms with van der Waals surface area (Å²) in [5.41, 5.74) is 3.60. The third-order valence-electron chi connectivity index (χ3n) is 3.89. The number of fused-ring (bicyclic) bond motifs is 1. The zero-order valence-corrected chi connectivity index (χ0v) is 14.7. The van der Waals surface area contributed by atoms with E-state index in [0.717, 1.165) is 27.8 Å². The fourth-order valence-electron chi connectivity index (χ4n) is 2.65. The average molecular weight is 363 g/mol. The summed E-state index contributed by atoms with van der Waals surface area (Å²) in [5, 5.41) is 16.2. The lowest BCUT2D eigenvalue weighted by Crippen LogP contribution is -2.03. The molecule has 0 aliphatic rings. The molecular formula is C19H15ClN6. The molecule has 26 heavy (non-hydrogen) atoms. The molecule has 4 aromatic rings. The molecule has 0 aliphatic carbocycles. The van der Waals surface area contributed by atoms with Gasteiger partial charge in [-0.3, -0.25) is 4.98 Å². The van der Waals surface area contributed by atoms with Gasteiger partial charge in [0.2, 0.25) is 5.95 Å². The first-order chi connectivity index (χ1) is 12.7. The number of aryl methyl sites for hydroxylation is 1. The number of para-hydroxylation sites is 1. The Kier molecular flexibility index (Phi) is 4.33. The number of hydrogen-bond acceptors (Lipinski definition) is 6. The number of hydrogen-bond donors (Lipinski definition) is 2. The van der Waals surface area contributed by atoms with Crippen LogP contribution >= 0.6 is 11.6 Å². The van der Waals surface area contributed by atoms with Crippen molar-refractivity contribution in [3.8, 4) is 0 Å². The largest absolute Gasteiger partial charge is 0.337 e. The molecule has 2 heterocycles. The van der Waals surface area contributed by atoms with Crippen LogP contribution in [0.2, 0.25) is 5.02 Å². The van der Waals surface area contributed by atoms with Gasteiger partial charge in [-0.05, 0) is 42.8 Å². The van der Waals surface area contributed by atoms with Crippen LogP contribution in [0.15, 0.2) is 60.9 Å². The van der Waals surface area contributed by atoms with Gasteiger partial charge in [0.15, 0.2) is 5.82 Å². The lowest BCUT2D eigenvalue weighted by molar-refractivity contribution is 0.982. The number of nitrogens with one attached hydrogen (secondary N) is 2. The van der Waals surface area contributed by atoms with Crippen molar-refractivity contribution in [2.24, 2.45) is 0 Å². The first-order valence-corrected chi connectivity index (χ1v) is 8.40. The van der Waals surface area contributed by atoms with Crippen LogP contribution in [0.5, 0.6) is 0 Å². The normalized spacial score (nSPS) is 10.7. The first-order valence-electron chi connectivity index (χ1n) is 8.03. The highest BCUT2D eigenvalue weighted by atomic mass is 35.5. The summed E-state index contributed by atoms with van der Waals surface area (Å²) in [6, 6.07) is 15.4. The van der Waals surface area contributed by atoms with Gasteiger partial charge in [0, 0.05) is 22.3 Å². The van der Waals surface area contributed by atoms with E-state index in [1.54, 1.807) is 12.4 Å². The number of anilines is 4. The maximum atomic E-state index is 6.00. The van der Waals surface area contributed by atoms with Crippen molar-refractivity contribution in [2.75, 3.05) is 10.6 Å². The number of benzene rings is 2. The molecule has 0 bridgehead atoms. The van der Waals surface area contributed by atoms with E-state index in [0.29, 0.717) is 16.8 Å². The molecule has 7 heteroatoms. The topological polar surface area (TPSA) is 75.6 Å². The third kappa shape index (κ3) is 3.41. The molecule has 0 atom stereocenters. The second kappa shape index (κ2) is 6.93. The van der Waals surface area contributed by atoms with Crippen LogP contribution in [-0.2, 0) is 0 Å². The minimum absolute atomic E-state index is 0.397. The predicted octanol–water partition coefficient (Wildman–Crippen LogP) is 4.87. The fraction of sp³-hybridized carbons (Fsp3) is 0.0526. The van der Waals surface area contributed by atoms with Gasteiger partial charge < -0.3 is 10.6 Å². The minimum Gasteiger partial charge on any atom is -0.337 e. The SMILES string of the molecule is Cc1cc(Cl)ccc1Nc1nncc(Nc2cccc3cccnc23)n1. The Balaban J connectivity index is 1.61. The molecule has 0 unspecified atom stereocenters. The Morgan fingerprint density at radius 3 is 2.73 bits per heavy atom. The van der Waals surface area contributed by atoms with Gasteiger partial charge in [0.25, 0.3) is 0 Å². The summed E-state index contributed by atoms with van der Waals surface area (Å²) in [7, 11) is 0. The van der Waals surface area contributed by atoms with Crippen molar-refractivity contribution in [3.05, 3.63) is 71.5 Å². The van der Waals surface area contributed by atoms with Crippen LogP contribution < -0.4 is 10.6 Å². The van der Waals surface area contributed by atoms with Crippen LogP contribution in [0.4, 0.5) is 23.1 Å². The van der Waals surface area contributed by atoms with Crippen molar-refractivity contribution in [2.45, 2.75) is 6.92 Å². The third-order valence-corrected chi connectivity index (χ3v) is 4.12. The number of nitrogens with zero attached hydrogens (tertiary/aromatic N) is 4. The smallest absolute Gasteiger partial charge is 0.249 e. The van der Waals surface area contributed by atoms with Crippen LogP contribution in [0.1, 0.15) is 5.56 Å². The highest BCUT2D eigenvalue weighted by Crippen LogP contribution is 2.25.